The van der Waals surface area contributed by atoms with Crippen LogP contribution in [0.4, 0.5) is 11.4 Å². The Balaban J connectivity index is 2.08. The van der Waals surface area contributed by atoms with Crippen molar-refractivity contribution in [3.05, 3.63) is 53.3 Å². The van der Waals surface area contributed by atoms with Crippen LogP contribution in [0.3, 0.4) is 0 Å². The summed E-state index contributed by atoms with van der Waals surface area (Å²) >= 11 is 0. The molecule has 0 aliphatic rings. The summed E-state index contributed by atoms with van der Waals surface area (Å²) in [5, 5.41) is 6.13. The summed E-state index contributed by atoms with van der Waals surface area (Å²) in [4.78, 5) is 15.4. The number of hydrogen-bond acceptors (Lipinski definition) is 3. The Morgan fingerprint density at radius 1 is 1.20 bits per heavy atom. The van der Waals surface area contributed by atoms with Gasteiger partial charge in [-0.1, -0.05) is 12.1 Å². The first kappa shape index (κ1) is 14.1. The topological polar surface area (TPSA) is 54.0 Å². The van der Waals surface area contributed by atoms with Crippen molar-refractivity contribution in [1.29, 1.82) is 0 Å². The van der Waals surface area contributed by atoms with Crippen LogP contribution in [0.1, 0.15) is 23.7 Å². The Labute approximate surface area is 119 Å². The van der Waals surface area contributed by atoms with Crippen LogP contribution in [0.15, 0.2) is 36.5 Å². The Bertz CT molecular complexity index is 606. The number of nitrogens with zero attached hydrogens (tertiary/aromatic N) is 1. The van der Waals surface area contributed by atoms with Crippen LogP contribution in [-0.2, 0) is 11.3 Å². The summed E-state index contributed by atoms with van der Waals surface area (Å²) in [5.41, 5.74) is 5.06. The standard InChI is InChI=1S/C16H19N3O/c1-11-4-6-15(17-9-11)10-18-16-8-14(19-13(3)20)7-5-12(16)2/h4-9,18H,10H2,1-3H3,(H,19,20). The van der Waals surface area contributed by atoms with Crippen molar-refractivity contribution in [2.75, 3.05) is 10.6 Å². The molecule has 0 aliphatic heterocycles. The van der Waals surface area contributed by atoms with Crippen LogP contribution in [0, 0.1) is 13.8 Å². The van der Waals surface area contributed by atoms with E-state index in [1.54, 1.807) is 0 Å². The number of aromatic nitrogens is 1. The van der Waals surface area contributed by atoms with Crippen molar-refractivity contribution in [2.45, 2.75) is 27.3 Å². The van der Waals surface area contributed by atoms with Crippen molar-refractivity contribution >= 4 is 17.3 Å². The lowest BCUT2D eigenvalue weighted by Crippen LogP contribution is -2.07. The lowest BCUT2D eigenvalue weighted by atomic mass is 10.1. The minimum atomic E-state index is -0.0694. The molecule has 0 saturated heterocycles. The van der Waals surface area contributed by atoms with E-state index in [9.17, 15) is 4.79 Å². The third kappa shape index (κ3) is 3.82. The fraction of sp³-hybridized carbons (Fsp3) is 0.250. The SMILES string of the molecule is CC(=O)Nc1ccc(C)c(NCc2ccc(C)cn2)c1. The molecule has 1 aromatic carbocycles. The number of carbonyl (C=O) groups is 1. The van der Waals surface area contributed by atoms with Crippen molar-refractivity contribution in [3.8, 4) is 0 Å². The Hall–Kier alpha value is -2.36. The molecule has 0 atom stereocenters. The molecule has 2 rings (SSSR count). The minimum Gasteiger partial charge on any atom is -0.379 e. The van der Waals surface area contributed by atoms with Crippen LogP contribution < -0.4 is 10.6 Å². The summed E-state index contributed by atoms with van der Waals surface area (Å²) in [6.45, 7) is 6.21. The number of pyridine rings is 1. The van der Waals surface area contributed by atoms with Gasteiger partial charge in [-0.2, -0.15) is 0 Å². The van der Waals surface area contributed by atoms with Crippen LogP contribution >= 0.6 is 0 Å². The zero-order valence-corrected chi connectivity index (χ0v) is 12.0. The average Bonchev–Trinajstić information content (AvgIpc) is 2.40. The highest BCUT2D eigenvalue weighted by molar-refractivity contribution is 5.89. The molecular weight excluding hydrogens is 250 g/mol. The van der Waals surface area contributed by atoms with E-state index in [4.69, 9.17) is 0 Å². The smallest absolute Gasteiger partial charge is 0.221 e. The maximum absolute atomic E-state index is 11.1. The van der Waals surface area contributed by atoms with E-state index in [1.807, 2.05) is 50.4 Å². The minimum absolute atomic E-state index is 0.0694. The van der Waals surface area contributed by atoms with Crippen molar-refractivity contribution in [2.24, 2.45) is 0 Å². The first-order chi connectivity index (χ1) is 9.54. The fourth-order valence-corrected chi connectivity index (χ4v) is 1.88. The quantitative estimate of drug-likeness (QED) is 0.895. The number of aryl methyl sites for hydroxylation is 2. The van der Waals surface area contributed by atoms with Gasteiger partial charge in [0.05, 0.1) is 12.2 Å². The van der Waals surface area contributed by atoms with Gasteiger partial charge in [-0.3, -0.25) is 9.78 Å². The fourth-order valence-electron chi connectivity index (χ4n) is 1.88. The number of benzene rings is 1. The molecule has 104 valence electrons. The zero-order valence-electron chi connectivity index (χ0n) is 12.0. The van der Waals surface area contributed by atoms with E-state index in [-0.39, 0.29) is 5.91 Å². The second-order valence-electron chi connectivity index (χ2n) is 4.89. The maximum Gasteiger partial charge on any atom is 0.221 e. The van der Waals surface area contributed by atoms with Gasteiger partial charge < -0.3 is 10.6 Å². The highest BCUT2D eigenvalue weighted by Gasteiger charge is 2.02. The van der Waals surface area contributed by atoms with Gasteiger partial charge in [0.15, 0.2) is 0 Å². The monoisotopic (exact) mass is 269 g/mol. The molecule has 4 nitrogen and oxygen atoms in total. The Morgan fingerprint density at radius 3 is 2.65 bits per heavy atom. The van der Waals surface area contributed by atoms with E-state index in [0.29, 0.717) is 6.54 Å². The molecule has 2 aromatic rings. The number of amides is 1. The van der Waals surface area contributed by atoms with Crippen LogP contribution in [0.2, 0.25) is 0 Å². The second kappa shape index (κ2) is 6.19. The first-order valence-corrected chi connectivity index (χ1v) is 6.58. The summed E-state index contributed by atoms with van der Waals surface area (Å²) < 4.78 is 0. The third-order valence-electron chi connectivity index (χ3n) is 2.99. The molecule has 1 amide bonds. The molecule has 0 radical (unpaired) electrons. The summed E-state index contributed by atoms with van der Waals surface area (Å²) in [6.07, 6.45) is 1.86. The molecule has 2 N–H and O–H groups in total. The number of anilines is 2. The third-order valence-corrected chi connectivity index (χ3v) is 2.99. The highest BCUT2D eigenvalue weighted by atomic mass is 16.1. The van der Waals surface area contributed by atoms with Gasteiger partial charge in [0.2, 0.25) is 5.91 Å². The summed E-state index contributed by atoms with van der Waals surface area (Å²) in [7, 11) is 0. The van der Waals surface area contributed by atoms with Crippen LogP contribution in [-0.4, -0.2) is 10.9 Å². The molecule has 4 heteroatoms. The molecule has 0 spiro atoms. The predicted octanol–water partition coefficient (Wildman–Crippen LogP) is 3.27. The molecular formula is C16H19N3O. The van der Waals surface area contributed by atoms with Crippen LogP contribution in [0.5, 0.6) is 0 Å². The molecule has 0 aliphatic carbocycles. The van der Waals surface area contributed by atoms with Gasteiger partial charge >= 0.3 is 0 Å². The lowest BCUT2D eigenvalue weighted by Gasteiger charge is -2.11. The first-order valence-electron chi connectivity index (χ1n) is 6.58. The van der Waals surface area contributed by atoms with Gasteiger partial charge in [-0.25, -0.2) is 0 Å². The van der Waals surface area contributed by atoms with E-state index in [0.717, 1.165) is 28.2 Å². The zero-order chi connectivity index (χ0) is 14.5. The van der Waals surface area contributed by atoms with E-state index in [2.05, 4.69) is 15.6 Å². The van der Waals surface area contributed by atoms with Gasteiger partial charge in [-0.05, 0) is 43.2 Å². The van der Waals surface area contributed by atoms with Crippen molar-refractivity contribution < 1.29 is 4.79 Å². The van der Waals surface area contributed by atoms with Gasteiger partial charge in [0.25, 0.3) is 0 Å². The molecule has 0 unspecified atom stereocenters. The van der Waals surface area contributed by atoms with E-state index >= 15 is 0 Å². The van der Waals surface area contributed by atoms with Gasteiger partial charge in [0.1, 0.15) is 0 Å². The predicted molar refractivity (Wildman–Crippen MR) is 81.8 cm³/mol. The molecule has 0 bridgehead atoms. The normalized spacial score (nSPS) is 10.2. The Morgan fingerprint density at radius 2 is 2.00 bits per heavy atom. The second-order valence-corrected chi connectivity index (χ2v) is 4.89. The lowest BCUT2D eigenvalue weighted by molar-refractivity contribution is -0.114. The average molecular weight is 269 g/mol. The van der Waals surface area contributed by atoms with Gasteiger partial charge in [0, 0.05) is 24.5 Å². The summed E-state index contributed by atoms with van der Waals surface area (Å²) in [5.74, 6) is -0.0694. The molecule has 20 heavy (non-hydrogen) atoms. The van der Waals surface area contributed by atoms with Crippen LogP contribution in [0.25, 0.3) is 0 Å². The van der Waals surface area contributed by atoms with Crippen molar-refractivity contribution in [1.82, 2.24) is 4.98 Å². The van der Waals surface area contributed by atoms with E-state index < -0.39 is 0 Å². The van der Waals surface area contributed by atoms with Crippen molar-refractivity contribution in [3.63, 3.8) is 0 Å². The number of hydrogen-bond donors (Lipinski definition) is 2. The van der Waals surface area contributed by atoms with Gasteiger partial charge in [-0.15, -0.1) is 0 Å². The summed E-state index contributed by atoms with van der Waals surface area (Å²) in [6, 6.07) is 9.87. The molecule has 1 aromatic heterocycles. The molecule has 0 saturated carbocycles. The molecule has 0 fully saturated rings. The molecule has 1 heterocycles. The number of nitrogens with one attached hydrogen (secondary N) is 2. The Kier molecular flexibility index (Phi) is 4.35. The number of carbonyl (C=O) groups excluding carboxylic acids is 1. The number of rotatable bonds is 4. The largest absolute Gasteiger partial charge is 0.379 e. The maximum atomic E-state index is 11.1. The van der Waals surface area contributed by atoms with E-state index in [1.165, 1.54) is 6.92 Å². The highest BCUT2D eigenvalue weighted by Crippen LogP contribution is 2.20.